The Hall–Kier alpha value is -1.61. The number of hydrogen-bond acceptors (Lipinski definition) is 2. The lowest BCUT2D eigenvalue weighted by molar-refractivity contribution is 0.103. The summed E-state index contributed by atoms with van der Waals surface area (Å²) in [6.45, 7) is 4.65. The summed E-state index contributed by atoms with van der Waals surface area (Å²) < 4.78 is 6.59. The Morgan fingerprint density at radius 2 is 1.95 bits per heavy atom. The van der Waals surface area contributed by atoms with Crippen LogP contribution in [0.5, 0.6) is 5.75 Å². The predicted octanol–water partition coefficient (Wildman–Crippen LogP) is 4.78. The Bertz CT molecular complexity index is 620. The van der Waals surface area contributed by atoms with Crippen molar-refractivity contribution in [2.75, 3.05) is 6.61 Å². The van der Waals surface area contributed by atoms with Gasteiger partial charge in [0.15, 0.2) is 5.78 Å². The molecule has 2 nitrogen and oxygen atoms in total. The lowest BCUT2D eigenvalue weighted by Crippen LogP contribution is -2.06. The minimum atomic E-state index is -0.0163. The highest BCUT2D eigenvalue weighted by molar-refractivity contribution is 9.10. The van der Waals surface area contributed by atoms with Gasteiger partial charge in [0, 0.05) is 10.0 Å². The molecule has 0 saturated heterocycles. The van der Waals surface area contributed by atoms with Crippen molar-refractivity contribution >= 4 is 21.7 Å². The van der Waals surface area contributed by atoms with Crippen LogP contribution < -0.4 is 4.74 Å². The van der Waals surface area contributed by atoms with E-state index >= 15 is 0 Å². The van der Waals surface area contributed by atoms with Gasteiger partial charge in [-0.1, -0.05) is 47.1 Å². The predicted molar refractivity (Wildman–Crippen MR) is 84.5 cm³/mol. The molecule has 0 saturated carbocycles. The van der Waals surface area contributed by atoms with Gasteiger partial charge in [-0.3, -0.25) is 4.79 Å². The Balaban J connectivity index is 2.35. The zero-order valence-electron chi connectivity index (χ0n) is 11.7. The molecule has 0 atom stereocenters. The van der Waals surface area contributed by atoms with Crippen molar-refractivity contribution in [3.8, 4) is 5.75 Å². The van der Waals surface area contributed by atoms with Crippen LogP contribution in [0.15, 0.2) is 46.9 Å². The summed E-state index contributed by atoms with van der Waals surface area (Å²) in [7, 11) is 0. The van der Waals surface area contributed by atoms with Crippen LogP contribution in [0.25, 0.3) is 0 Å². The van der Waals surface area contributed by atoms with Crippen molar-refractivity contribution in [3.05, 3.63) is 63.6 Å². The molecule has 0 radical (unpaired) electrons. The molecule has 2 aromatic carbocycles. The highest BCUT2D eigenvalue weighted by atomic mass is 79.9. The van der Waals surface area contributed by atoms with E-state index in [0.717, 1.165) is 16.5 Å². The van der Waals surface area contributed by atoms with E-state index < -0.39 is 0 Å². The third kappa shape index (κ3) is 3.28. The minimum absolute atomic E-state index is 0.0163. The highest BCUT2D eigenvalue weighted by Gasteiger charge is 2.14. The van der Waals surface area contributed by atoms with E-state index in [1.807, 2.05) is 50.2 Å². The van der Waals surface area contributed by atoms with Crippen LogP contribution >= 0.6 is 15.9 Å². The molecule has 0 aliphatic heterocycles. The first-order valence-corrected chi connectivity index (χ1v) is 7.45. The van der Waals surface area contributed by atoms with Crippen molar-refractivity contribution in [1.82, 2.24) is 0 Å². The van der Waals surface area contributed by atoms with Crippen LogP contribution in [-0.2, 0) is 0 Å². The molecule has 0 aromatic heterocycles. The third-order valence-electron chi connectivity index (χ3n) is 3.03. The van der Waals surface area contributed by atoms with E-state index in [1.165, 1.54) is 0 Å². The topological polar surface area (TPSA) is 26.3 Å². The SMILES string of the molecule is CCCOc1ccccc1C(=O)c1ccc(C)c(Br)c1. The molecule has 0 bridgehead atoms. The van der Waals surface area contributed by atoms with E-state index in [9.17, 15) is 4.79 Å². The third-order valence-corrected chi connectivity index (χ3v) is 3.88. The second kappa shape index (κ2) is 6.71. The van der Waals surface area contributed by atoms with Gasteiger partial charge in [0.1, 0.15) is 5.75 Å². The summed E-state index contributed by atoms with van der Waals surface area (Å²) in [5.41, 5.74) is 2.38. The van der Waals surface area contributed by atoms with Crippen LogP contribution in [0.2, 0.25) is 0 Å². The second-order valence-electron chi connectivity index (χ2n) is 4.64. The van der Waals surface area contributed by atoms with Gasteiger partial charge in [0.2, 0.25) is 0 Å². The number of rotatable bonds is 5. The molecular formula is C17H17BrO2. The molecule has 0 spiro atoms. The minimum Gasteiger partial charge on any atom is -0.493 e. The first-order chi connectivity index (χ1) is 9.63. The number of aryl methyl sites for hydroxylation is 1. The Kier molecular flexibility index (Phi) is 4.96. The normalized spacial score (nSPS) is 10.3. The van der Waals surface area contributed by atoms with Gasteiger partial charge in [-0.2, -0.15) is 0 Å². The van der Waals surface area contributed by atoms with Crippen molar-refractivity contribution in [1.29, 1.82) is 0 Å². The van der Waals surface area contributed by atoms with Crippen LogP contribution in [0.3, 0.4) is 0 Å². The second-order valence-corrected chi connectivity index (χ2v) is 5.49. The Labute approximate surface area is 127 Å². The van der Waals surface area contributed by atoms with Crippen LogP contribution in [-0.4, -0.2) is 12.4 Å². The monoisotopic (exact) mass is 332 g/mol. The van der Waals surface area contributed by atoms with Gasteiger partial charge >= 0.3 is 0 Å². The summed E-state index contributed by atoms with van der Waals surface area (Å²) in [6.07, 6.45) is 0.915. The maximum Gasteiger partial charge on any atom is 0.196 e. The van der Waals surface area contributed by atoms with Gasteiger partial charge in [0.25, 0.3) is 0 Å². The highest BCUT2D eigenvalue weighted by Crippen LogP contribution is 2.24. The Morgan fingerprint density at radius 3 is 2.65 bits per heavy atom. The fourth-order valence-corrected chi connectivity index (χ4v) is 2.26. The zero-order valence-corrected chi connectivity index (χ0v) is 13.2. The van der Waals surface area contributed by atoms with Crippen molar-refractivity contribution in [2.24, 2.45) is 0 Å². The van der Waals surface area contributed by atoms with Crippen molar-refractivity contribution < 1.29 is 9.53 Å². The number of carbonyl (C=O) groups excluding carboxylic acids is 1. The number of benzene rings is 2. The molecule has 0 heterocycles. The molecule has 0 aliphatic carbocycles. The quantitative estimate of drug-likeness (QED) is 0.736. The molecule has 20 heavy (non-hydrogen) atoms. The van der Waals surface area contributed by atoms with E-state index in [1.54, 1.807) is 6.07 Å². The van der Waals surface area contributed by atoms with E-state index in [-0.39, 0.29) is 5.78 Å². The number of para-hydroxylation sites is 1. The maximum atomic E-state index is 12.6. The average Bonchev–Trinajstić information content (AvgIpc) is 2.47. The van der Waals surface area contributed by atoms with Gasteiger partial charge in [-0.05, 0) is 37.1 Å². The van der Waals surface area contributed by atoms with Gasteiger partial charge in [0.05, 0.1) is 12.2 Å². The van der Waals surface area contributed by atoms with Gasteiger partial charge in [-0.25, -0.2) is 0 Å². The number of ketones is 1. The molecule has 2 aromatic rings. The average molecular weight is 333 g/mol. The van der Waals surface area contributed by atoms with E-state index in [4.69, 9.17) is 4.74 Å². The molecular weight excluding hydrogens is 316 g/mol. The van der Waals surface area contributed by atoms with E-state index in [0.29, 0.717) is 23.5 Å². The van der Waals surface area contributed by atoms with Crippen molar-refractivity contribution in [3.63, 3.8) is 0 Å². The number of ether oxygens (including phenoxy) is 1. The van der Waals surface area contributed by atoms with Gasteiger partial charge < -0.3 is 4.74 Å². The van der Waals surface area contributed by atoms with Crippen molar-refractivity contribution in [2.45, 2.75) is 20.3 Å². The summed E-state index contributed by atoms with van der Waals surface area (Å²) in [4.78, 5) is 12.6. The summed E-state index contributed by atoms with van der Waals surface area (Å²) in [5, 5.41) is 0. The van der Waals surface area contributed by atoms with Gasteiger partial charge in [-0.15, -0.1) is 0 Å². The lowest BCUT2D eigenvalue weighted by atomic mass is 10.0. The molecule has 0 fully saturated rings. The summed E-state index contributed by atoms with van der Waals surface area (Å²) >= 11 is 3.46. The number of hydrogen-bond donors (Lipinski definition) is 0. The van der Waals surface area contributed by atoms with Crippen LogP contribution in [0.1, 0.15) is 34.8 Å². The zero-order chi connectivity index (χ0) is 14.5. The maximum absolute atomic E-state index is 12.6. The molecule has 0 aliphatic rings. The smallest absolute Gasteiger partial charge is 0.196 e. The molecule has 104 valence electrons. The standard InChI is InChI=1S/C17H17BrO2/c1-3-10-20-16-7-5-4-6-14(16)17(19)13-9-8-12(2)15(18)11-13/h4-9,11H,3,10H2,1-2H3. The lowest BCUT2D eigenvalue weighted by Gasteiger charge is -2.10. The summed E-state index contributed by atoms with van der Waals surface area (Å²) in [5.74, 6) is 0.633. The fourth-order valence-electron chi connectivity index (χ4n) is 1.88. The fraction of sp³-hybridized carbons (Fsp3) is 0.235. The van der Waals surface area contributed by atoms with Crippen LogP contribution in [0, 0.1) is 6.92 Å². The van der Waals surface area contributed by atoms with E-state index in [2.05, 4.69) is 15.9 Å². The van der Waals surface area contributed by atoms with Crippen LogP contribution in [0.4, 0.5) is 0 Å². The first-order valence-electron chi connectivity index (χ1n) is 6.66. The molecule has 0 N–H and O–H groups in total. The Morgan fingerprint density at radius 1 is 1.20 bits per heavy atom. The molecule has 2 rings (SSSR count). The summed E-state index contributed by atoms with van der Waals surface area (Å²) in [6, 6.07) is 13.0. The molecule has 0 amide bonds. The first kappa shape index (κ1) is 14.8. The molecule has 3 heteroatoms. The number of carbonyl (C=O) groups is 1. The number of halogens is 1. The molecule has 0 unspecified atom stereocenters. The largest absolute Gasteiger partial charge is 0.493 e.